The van der Waals surface area contributed by atoms with E-state index < -0.39 is 8.07 Å². The van der Waals surface area contributed by atoms with Gasteiger partial charge < -0.3 is 4.57 Å². The van der Waals surface area contributed by atoms with E-state index >= 15 is 0 Å². The molecule has 6 aromatic rings. The molecule has 0 saturated heterocycles. The van der Waals surface area contributed by atoms with Gasteiger partial charge in [0.05, 0.1) is 0 Å². The molecule has 2 heteroatoms. The van der Waals surface area contributed by atoms with Gasteiger partial charge in [-0.1, -0.05) is 121 Å². The molecule has 6 rings (SSSR count). The van der Waals surface area contributed by atoms with E-state index in [1.54, 1.807) is 0 Å². The van der Waals surface area contributed by atoms with Gasteiger partial charge in [0.2, 0.25) is 0 Å². The third-order valence-electron chi connectivity index (χ3n) is 6.96. The molecule has 0 bridgehead atoms. The SMILES string of the molecule is Cn1c2ccccc2c2c([Si](c3ccccc3)(c3ccccc3)c3ccccc3)cccc21. The van der Waals surface area contributed by atoms with E-state index in [-0.39, 0.29) is 0 Å². The van der Waals surface area contributed by atoms with Gasteiger partial charge >= 0.3 is 0 Å². The molecule has 33 heavy (non-hydrogen) atoms. The summed E-state index contributed by atoms with van der Waals surface area (Å²) in [7, 11) is -0.396. The lowest BCUT2D eigenvalue weighted by atomic mass is 10.1. The average Bonchev–Trinajstić information content (AvgIpc) is 3.19. The van der Waals surface area contributed by atoms with E-state index in [1.807, 2.05) is 0 Å². The summed E-state index contributed by atoms with van der Waals surface area (Å²) in [6.45, 7) is 0. The number of rotatable bonds is 4. The van der Waals surface area contributed by atoms with Crippen LogP contribution in [0.4, 0.5) is 0 Å². The van der Waals surface area contributed by atoms with Gasteiger partial charge in [0.15, 0.2) is 8.07 Å². The Hall–Kier alpha value is -3.88. The minimum absolute atomic E-state index is 1.28. The number of benzene rings is 5. The van der Waals surface area contributed by atoms with E-state index in [0.29, 0.717) is 0 Å². The molecule has 0 aliphatic carbocycles. The molecule has 0 aliphatic heterocycles. The van der Waals surface area contributed by atoms with E-state index in [0.717, 1.165) is 0 Å². The fraction of sp³-hybridized carbons (Fsp3) is 0.0323. The number of nitrogens with zero attached hydrogens (tertiary/aromatic N) is 1. The predicted octanol–water partition coefficient (Wildman–Crippen LogP) is 4.71. The van der Waals surface area contributed by atoms with E-state index in [2.05, 4.69) is 145 Å². The zero-order valence-corrected chi connectivity index (χ0v) is 19.6. The highest BCUT2D eigenvalue weighted by atomic mass is 28.3. The number of aromatic nitrogens is 1. The van der Waals surface area contributed by atoms with Crippen molar-refractivity contribution in [3.8, 4) is 0 Å². The van der Waals surface area contributed by atoms with Gasteiger partial charge in [0.25, 0.3) is 0 Å². The van der Waals surface area contributed by atoms with Crippen LogP contribution in [0.5, 0.6) is 0 Å². The van der Waals surface area contributed by atoms with Crippen LogP contribution in [0.2, 0.25) is 0 Å². The topological polar surface area (TPSA) is 4.93 Å². The molecule has 0 spiro atoms. The second-order valence-electron chi connectivity index (χ2n) is 8.62. The Kier molecular flexibility index (Phi) is 4.74. The van der Waals surface area contributed by atoms with Crippen LogP contribution < -0.4 is 20.7 Å². The summed E-state index contributed by atoms with van der Waals surface area (Å²) < 4.78 is 2.34. The Balaban J connectivity index is 1.87. The maximum atomic E-state index is 2.38. The van der Waals surface area contributed by atoms with Gasteiger partial charge in [-0.2, -0.15) is 0 Å². The summed E-state index contributed by atoms with van der Waals surface area (Å²) >= 11 is 0. The molecule has 1 nitrogen and oxygen atoms in total. The first-order valence-electron chi connectivity index (χ1n) is 11.4. The van der Waals surface area contributed by atoms with Crippen LogP contribution in [0, 0.1) is 0 Å². The summed E-state index contributed by atoms with van der Waals surface area (Å²) in [6, 6.07) is 49.2. The molecule has 0 radical (unpaired) electrons. The number of fused-ring (bicyclic) bond motifs is 3. The normalized spacial score (nSPS) is 11.8. The number of hydrogen-bond acceptors (Lipinski definition) is 0. The van der Waals surface area contributed by atoms with Crippen molar-refractivity contribution < 1.29 is 0 Å². The lowest BCUT2D eigenvalue weighted by Crippen LogP contribution is -2.74. The number of aryl methyl sites for hydroxylation is 1. The molecular weight excluding hydrogens is 414 g/mol. The van der Waals surface area contributed by atoms with Gasteiger partial charge in [-0.05, 0) is 32.9 Å². The predicted molar refractivity (Wildman–Crippen MR) is 144 cm³/mol. The van der Waals surface area contributed by atoms with Crippen molar-refractivity contribution in [3.63, 3.8) is 0 Å². The van der Waals surface area contributed by atoms with Crippen LogP contribution >= 0.6 is 0 Å². The van der Waals surface area contributed by atoms with E-state index in [9.17, 15) is 0 Å². The van der Waals surface area contributed by atoms with Crippen molar-refractivity contribution in [2.75, 3.05) is 0 Å². The third-order valence-corrected chi connectivity index (χ3v) is 11.8. The first-order valence-corrected chi connectivity index (χ1v) is 13.4. The lowest BCUT2D eigenvalue weighted by Gasteiger charge is -2.35. The first-order chi connectivity index (χ1) is 16.3. The van der Waals surface area contributed by atoms with Crippen molar-refractivity contribution in [1.29, 1.82) is 0 Å². The largest absolute Gasteiger partial charge is 0.344 e. The third kappa shape index (κ3) is 2.91. The Morgan fingerprint density at radius 3 is 1.45 bits per heavy atom. The van der Waals surface area contributed by atoms with Gasteiger partial charge in [0, 0.05) is 28.9 Å². The molecule has 158 valence electrons. The highest BCUT2D eigenvalue weighted by Crippen LogP contribution is 2.28. The van der Waals surface area contributed by atoms with Crippen LogP contribution in [0.25, 0.3) is 21.8 Å². The number of hydrogen-bond donors (Lipinski definition) is 0. The zero-order chi connectivity index (χ0) is 22.3. The van der Waals surface area contributed by atoms with Crippen molar-refractivity contribution >= 4 is 50.6 Å². The van der Waals surface area contributed by atoms with Crippen molar-refractivity contribution in [2.24, 2.45) is 7.05 Å². The Bertz CT molecular complexity index is 1450. The van der Waals surface area contributed by atoms with Crippen LogP contribution in [0.15, 0.2) is 133 Å². The zero-order valence-electron chi connectivity index (χ0n) is 18.6. The van der Waals surface area contributed by atoms with Crippen molar-refractivity contribution in [1.82, 2.24) is 4.57 Å². The molecule has 0 amide bonds. The van der Waals surface area contributed by atoms with Crippen molar-refractivity contribution in [2.45, 2.75) is 0 Å². The summed E-state index contributed by atoms with van der Waals surface area (Å²) in [4.78, 5) is 0. The maximum Gasteiger partial charge on any atom is 0.180 e. The van der Waals surface area contributed by atoms with E-state index in [4.69, 9.17) is 0 Å². The molecular formula is C31H25NSi. The maximum absolute atomic E-state index is 2.58. The van der Waals surface area contributed by atoms with Crippen molar-refractivity contribution in [3.05, 3.63) is 133 Å². The molecule has 0 aliphatic rings. The van der Waals surface area contributed by atoms with Gasteiger partial charge in [0.1, 0.15) is 0 Å². The van der Waals surface area contributed by atoms with Gasteiger partial charge in [-0.25, -0.2) is 0 Å². The molecule has 5 aromatic carbocycles. The minimum atomic E-state index is -2.58. The summed E-state index contributed by atoms with van der Waals surface area (Å²) in [5.74, 6) is 0. The minimum Gasteiger partial charge on any atom is -0.344 e. The Morgan fingerprint density at radius 1 is 0.455 bits per heavy atom. The highest BCUT2D eigenvalue weighted by Gasteiger charge is 2.42. The van der Waals surface area contributed by atoms with Crippen LogP contribution in [0.1, 0.15) is 0 Å². The summed E-state index contributed by atoms with van der Waals surface area (Å²) in [5, 5.41) is 8.36. The second-order valence-corrected chi connectivity index (χ2v) is 12.4. The highest BCUT2D eigenvalue weighted by molar-refractivity contribution is 7.20. The molecule has 0 fully saturated rings. The Labute approximate surface area is 195 Å². The molecule has 0 N–H and O–H groups in total. The molecule has 0 unspecified atom stereocenters. The summed E-state index contributed by atoms with van der Waals surface area (Å²) in [6.07, 6.45) is 0. The van der Waals surface area contributed by atoms with Crippen LogP contribution in [0.3, 0.4) is 0 Å². The first kappa shape index (κ1) is 19.8. The average molecular weight is 440 g/mol. The number of para-hydroxylation sites is 1. The molecule has 1 heterocycles. The monoisotopic (exact) mass is 439 g/mol. The van der Waals surface area contributed by atoms with Gasteiger partial charge in [-0.3, -0.25) is 0 Å². The fourth-order valence-electron chi connectivity index (χ4n) is 5.55. The molecule has 0 atom stereocenters. The van der Waals surface area contributed by atoms with Gasteiger partial charge in [-0.15, -0.1) is 0 Å². The molecule has 0 saturated carbocycles. The standard InChI is InChI=1S/C31H25NSi/c1-32-28-21-12-11-20-27(28)31-29(32)22-13-23-30(31)33(24-14-5-2-6-15-24,25-16-7-3-8-17-25)26-18-9-4-10-19-26/h2-23H,1H3. The molecule has 1 aromatic heterocycles. The summed E-state index contributed by atoms with van der Waals surface area (Å²) in [5.41, 5.74) is 2.56. The smallest absolute Gasteiger partial charge is 0.180 e. The Morgan fingerprint density at radius 2 is 0.909 bits per heavy atom. The van der Waals surface area contributed by atoms with Crippen LogP contribution in [-0.4, -0.2) is 12.6 Å². The lowest BCUT2D eigenvalue weighted by molar-refractivity contribution is 1.01. The quantitative estimate of drug-likeness (QED) is 0.277. The fourth-order valence-corrected chi connectivity index (χ4v) is 10.5. The second kappa shape index (κ2) is 7.91. The van der Waals surface area contributed by atoms with E-state index in [1.165, 1.54) is 42.6 Å². The van der Waals surface area contributed by atoms with Crippen LogP contribution in [-0.2, 0) is 7.05 Å².